The molecule has 3 heterocycles. The maximum atomic E-state index is 13.6. The number of aliphatic hydroxyl groups is 7. The number of hydrogen-bond acceptors (Lipinski definition) is 12. The third kappa shape index (κ3) is 8.61. The zero-order chi connectivity index (χ0) is 42.1. The van der Waals surface area contributed by atoms with Crippen LogP contribution in [0, 0.1) is 42.1 Å². The van der Waals surface area contributed by atoms with Gasteiger partial charge in [-0.25, -0.2) is 0 Å². The minimum atomic E-state index is -3.05. The molecular weight excluding hydrogens is 762 g/mol. The molecule has 5 fully saturated rings. The first-order valence-electron chi connectivity index (χ1n) is 22.0. The highest BCUT2D eigenvalue weighted by Gasteiger charge is 2.75. The molecule has 0 aromatic rings. The van der Waals surface area contributed by atoms with Crippen LogP contribution in [0.4, 0.5) is 0 Å². The SMILES string of the molecule is C[C@H](CC=CC1CCCCC1)[C@H](C[NH2+]C[C@@]1(O)[C@H](OC2CCC3C(C2)[OH+]C(C(N)=O)C(C2CCC(O)CC2)C3O)O[C@]2(C(=O)[O-])C=CC(=O)[C@]1(O)[C@@H]2O)CC1=C[CH+]N=C1. The van der Waals surface area contributed by atoms with Gasteiger partial charge in [-0.3, -0.25) is 9.59 Å². The monoisotopic (exact) mass is 827 g/mol. The Bertz CT molecular complexity index is 1660. The van der Waals surface area contributed by atoms with Crippen LogP contribution in [-0.4, -0.2) is 127 Å². The maximum absolute atomic E-state index is 13.6. The van der Waals surface area contributed by atoms with Gasteiger partial charge in [0.2, 0.25) is 11.7 Å². The van der Waals surface area contributed by atoms with Crippen molar-refractivity contribution in [2.75, 3.05) is 13.1 Å². The predicted molar refractivity (Wildman–Crippen MR) is 211 cm³/mol. The molecule has 15 heteroatoms. The number of hydrogen-bond donors (Lipinski definition) is 7. The molecule has 2 saturated heterocycles. The number of rotatable bonds is 15. The van der Waals surface area contributed by atoms with Crippen LogP contribution in [0.1, 0.15) is 96.8 Å². The van der Waals surface area contributed by atoms with E-state index < -0.39 is 89.8 Å². The normalized spacial score (nSPS) is 42.2. The number of carboxylic acids is 1. The van der Waals surface area contributed by atoms with Crippen LogP contribution in [0.25, 0.3) is 0 Å². The van der Waals surface area contributed by atoms with E-state index in [-0.39, 0.29) is 30.1 Å². The highest BCUT2D eigenvalue weighted by molar-refractivity contribution is 6.03. The van der Waals surface area contributed by atoms with Crippen molar-refractivity contribution in [3.05, 3.63) is 42.5 Å². The van der Waals surface area contributed by atoms with E-state index in [0.717, 1.165) is 24.1 Å². The standard InChI is InChI=1S/C44H63N3O12/c1-25(6-5-9-26-7-3-2-4-8-26)29(20-27-17-19-46-22-27)23-47-24-43(55)41(59-42(40(53)54)18-16-34(49)44(43,56)39(42)52)57-31-14-15-32-33(21-31)58-37(38(45)51)35(36(32)50)28-10-12-30(48)13-11-28/h5,9,16-19,22,25-26,28-33,35-37,39,41,47-48,50,52,55-56H,2-4,6-8,10-15,20-21,23-24H2,1H3,(H2-,45,51,53,54)/p+2/t25-,28?,29+,30?,31?,32?,33?,35?,36?,37?,39-,41-,42-,43-,44+/m1/s1. The van der Waals surface area contributed by atoms with Gasteiger partial charge < -0.3 is 60.7 Å². The van der Waals surface area contributed by atoms with E-state index in [4.69, 9.17) is 19.9 Å². The Labute approximate surface area is 346 Å². The topological polar surface area (TPSA) is 262 Å². The van der Waals surface area contributed by atoms with Gasteiger partial charge in [0.25, 0.3) is 5.91 Å². The summed E-state index contributed by atoms with van der Waals surface area (Å²) in [4.78, 5) is 43.3. The molecule has 0 aromatic carbocycles. The third-order valence-electron chi connectivity index (χ3n) is 15.0. The number of quaternary nitrogens is 1. The number of nitrogens with zero attached hydrogens (tertiary/aromatic N) is 1. The smallest absolute Gasteiger partial charge is 0.297 e. The number of aliphatic carboxylic acids is 1. The molecule has 0 radical (unpaired) electrons. The fourth-order valence-corrected chi connectivity index (χ4v) is 11.3. The summed E-state index contributed by atoms with van der Waals surface area (Å²) in [6.07, 6.45) is 12.9. The van der Waals surface area contributed by atoms with Gasteiger partial charge in [-0.15, -0.1) is 4.99 Å². The number of primary amides is 1. The quantitative estimate of drug-likeness (QED) is 0.0609. The van der Waals surface area contributed by atoms with Crippen molar-refractivity contribution in [3.63, 3.8) is 0 Å². The van der Waals surface area contributed by atoms with Crippen molar-refractivity contribution in [2.45, 2.75) is 157 Å². The lowest BCUT2D eigenvalue weighted by Crippen LogP contribution is -2.96. The van der Waals surface area contributed by atoms with E-state index in [1.165, 1.54) is 32.1 Å². The molecule has 13 atom stereocenters. The molecule has 3 saturated carbocycles. The molecule has 0 aromatic heterocycles. The summed E-state index contributed by atoms with van der Waals surface area (Å²) >= 11 is 0. The van der Waals surface area contributed by atoms with E-state index in [0.29, 0.717) is 57.4 Å². The number of carboxylic acid groups (broad SMARTS) is 1. The Hall–Kier alpha value is -2.99. The molecule has 6 unspecified atom stereocenters. The van der Waals surface area contributed by atoms with Gasteiger partial charge in [0, 0.05) is 18.8 Å². The first kappa shape index (κ1) is 44.1. The third-order valence-corrected chi connectivity index (χ3v) is 15.0. The van der Waals surface area contributed by atoms with Gasteiger partial charge in [-0.2, -0.15) is 0 Å². The molecule has 4 aliphatic carbocycles. The Balaban J connectivity index is 1.09. The molecule has 10 N–H and O–H groups in total. The molecule has 3 aliphatic heterocycles. The van der Waals surface area contributed by atoms with Gasteiger partial charge in [0.05, 0.1) is 48.7 Å². The molecule has 59 heavy (non-hydrogen) atoms. The number of carbonyl (C=O) groups is 3. The number of aliphatic imine (C=N–C) groups is 1. The fraction of sp³-hybridized carbons (Fsp3) is 0.750. The highest BCUT2D eigenvalue weighted by Crippen LogP contribution is 2.49. The second kappa shape index (κ2) is 18.2. The lowest BCUT2D eigenvalue weighted by atomic mass is 9.64. The van der Waals surface area contributed by atoms with Crippen molar-refractivity contribution in [2.24, 2.45) is 46.2 Å². The van der Waals surface area contributed by atoms with Crippen LogP contribution in [0.2, 0.25) is 0 Å². The summed E-state index contributed by atoms with van der Waals surface area (Å²) < 4.78 is 17.2. The van der Waals surface area contributed by atoms with Crippen LogP contribution < -0.4 is 16.2 Å². The number of aliphatic hydroxyl groups excluding tert-OH is 3. The second-order valence-electron chi connectivity index (χ2n) is 18.7. The van der Waals surface area contributed by atoms with Crippen LogP contribution in [0.5, 0.6) is 0 Å². The summed E-state index contributed by atoms with van der Waals surface area (Å²) in [5.41, 5.74) is -1.51. The summed E-state index contributed by atoms with van der Waals surface area (Å²) in [6, 6.07) is 0. The van der Waals surface area contributed by atoms with Crippen LogP contribution in [-0.2, 0) is 23.9 Å². The van der Waals surface area contributed by atoms with Crippen molar-refractivity contribution in [1.82, 2.24) is 0 Å². The number of ketones is 1. The Morgan fingerprint density at radius 2 is 1.86 bits per heavy atom. The molecule has 0 spiro atoms. The summed E-state index contributed by atoms with van der Waals surface area (Å²) in [7, 11) is 0. The zero-order valence-electron chi connectivity index (χ0n) is 34.1. The molecular formula is C44H65N3O12+2. The van der Waals surface area contributed by atoms with Crippen LogP contribution in [0.15, 0.2) is 40.9 Å². The Morgan fingerprint density at radius 3 is 2.54 bits per heavy atom. The molecule has 15 nitrogen and oxygen atoms in total. The van der Waals surface area contributed by atoms with Gasteiger partial charge in [0.15, 0.2) is 35.6 Å². The van der Waals surface area contributed by atoms with E-state index in [1.54, 1.807) is 11.9 Å². The van der Waals surface area contributed by atoms with Gasteiger partial charge in [-0.1, -0.05) is 38.3 Å². The van der Waals surface area contributed by atoms with Gasteiger partial charge in [0.1, 0.15) is 24.8 Å². The van der Waals surface area contributed by atoms with Gasteiger partial charge in [-0.05, 0) is 87.7 Å². The number of ether oxygens (including phenoxy) is 3. The second-order valence-corrected chi connectivity index (χ2v) is 18.7. The van der Waals surface area contributed by atoms with E-state index in [9.17, 15) is 45.0 Å². The predicted octanol–water partition coefficient (Wildman–Crippen LogP) is -0.824. The highest BCUT2D eigenvalue weighted by atomic mass is 16.7. The molecule has 7 aliphatic rings. The molecule has 326 valence electrons. The molecule has 7 rings (SSSR count). The average Bonchev–Trinajstić information content (AvgIpc) is 3.73. The minimum Gasteiger partial charge on any atom is -0.547 e. The first-order chi connectivity index (χ1) is 28.2. The largest absolute Gasteiger partial charge is 0.547 e. The minimum absolute atomic E-state index is 0.0357. The van der Waals surface area contributed by atoms with Crippen molar-refractivity contribution in [3.8, 4) is 0 Å². The molecule has 2 bridgehead atoms. The van der Waals surface area contributed by atoms with E-state index >= 15 is 0 Å². The number of amides is 1. The first-order valence-corrected chi connectivity index (χ1v) is 22.0. The van der Waals surface area contributed by atoms with Crippen molar-refractivity contribution >= 4 is 23.9 Å². The van der Waals surface area contributed by atoms with Gasteiger partial charge >= 0.3 is 0 Å². The zero-order valence-corrected chi connectivity index (χ0v) is 34.1. The lowest BCUT2D eigenvalue weighted by molar-refractivity contribution is -0.682. The molecule has 1 amide bonds. The van der Waals surface area contributed by atoms with Crippen molar-refractivity contribution in [1.29, 1.82) is 0 Å². The number of nitrogens with two attached hydrogens (primary N) is 2. The Morgan fingerprint density at radius 1 is 1.12 bits per heavy atom. The number of carbonyl (C=O) groups excluding carboxylic acids is 3. The maximum Gasteiger partial charge on any atom is 0.297 e. The van der Waals surface area contributed by atoms with Crippen LogP contribution >= 0.6 is 0 Å². The average molecular weight is 828 g/mol. The lowest BCUT2D eigenvalue weighted by Gasteiger charge is -2.59. The van der Waals surface area contributed by atoms with E-state index in [1.807, 2.05) is 12.3 Å². The number of allylic oxidation sites excluding steroid dienone is 3. The van der Waals surface area contributed by atoms with Crippen LogP contribution in [0.3, 0.4) is 0 Å². The summed E-state index contributed by atoms with van der Waals surface area (Å²) in [5, 5.41) is 72.5. The Kier molecular flexibility index (Phi) is 13.6. The fourth-order valence-electron chi connectivity index (χ4n) is 11.3. The summed E-state index contributed by atoms with van der Waals surface area (Å²) in [6.45, 7) is 3.93. The van der Waals surface area contributed by atoms with E-state index in [2.05, 4.69) is 24.1 Å². The number of fused-ring (bicyclic) bond motifs is 3. The van der Waals surface area contributed by atoms with Crippen molar-refractivity contribution < 1.29 is 64.6 Å². The summed E-state index contributed by atoms with van der Waals surface area (Å²) in [5.74, 6) is -3.71.